The molecule has 3 rings (SSSR count). The summed E-state index contributed by atoms with van der Waals surface area (Å²) in [4.78, 5) is 26.3. The van der Waals surface area contributed by atoms with Crippen LogP contribution in [0.15, 0.2) is 54.6 Å². The van der Waals surface area contributed by atoms with Gasteiger partial charge >= 0.3 is 6.09 Å². The third-order valence-corrected chi connectivity index (χ3v) is 4.60. The van der Waals surface area contributed by atoms with Crippen molar-refractivity contribution in [3.63, 3.8) is 0 Å². The molecule has 0 radical (unpaired) electrons. The zero-order valence-electron chi connectivity index (χ0n) is 14.6. The topological polar surface area (TPSA) is 46.6 Å². The number of benzene rings is 2. The van der Waals surface area contributed by atoms with Gasteiger partial charge in [0.15, 0.2) is 0 Å². The Hall–Kier alpha value is -2.62. The predicted octanol–water partition coefficient (Wildman–Crippen LogP) is 3.76. The van der Waals surface area contributed by atoms with Crippen molar-refractivity contribution in [1.29, 1.82) is 0 Å². The van der Waals surface area contributed by atoms with Crippen LogP contribution in [-0.4, -0.2) is 29.5 Å². The molecule has 2 atom stereocenters. The summed E-state index contributed by atoms with van der Waals surface area (Å²) in [5.41, 5.74) is 3.38. The van der Waals surface area contributed by atoms with Crippen LogP contribution in [0.3, 0.4) is 0 Å². The quantitative estimate of drug-likeness (QED) is 0.834. The van der Waals surface area contributed by atoms with E-state index in [1.54, 1.807) is 0 Å². The predicted molar refractivity (Wildman–Crippen MR) is 96.2 cm³/mol. The van der Waals surface area contributed by atoms with E-state index >= 15 is 0 Å². The first-order valence-corrected chi connectivity index (χ1v) is 8.64. The van der Waals surface area contributed by atoms with Crippen LogP contribution in [0.25, 0.3) is 0 Å². The highest BCUT2D eigenvalue weighted by Gasteiger charge is 2.39. The highest BCUT2D eigenvalue weighted by molar-refractivity contribution is 5.94. The number of ether oxygens (including phenoxy) is 1. The lowest BCUT2D eigenvalue weighted by Crippen LogP contribution is -2.43. The standard InChI is InChI=1S/C21H23NO3/c1-15-8-10-18(11-9-15)12-16(2)20(23)22-19(14-25-21(22)24)13-17-6-4-3-5-7-17/h3-11,16,19H,12-14H2,1-2H3/t16-,19-/m1/s1. The molecule has 2 aromatic carbocycles. The molecular formula is C21H23NO3. The summed E-state index contributed by atoms with van der Waals surface area (Å²) in [6.07, 6.45) is 0.706. The lowest BCUT2D eigenvalue weighted by atomic mass is 9.98. The summed E-state index contributed by atoms with van der Waals surface area (Å²) in [7, 11) is 0. The van der Waals surface area contributed by atoms with Gasteiger partial charge in [-0.1, -0.05) is 67.1 Å². The first-order chi connectivity index (χ1) is 12.0. The number of imide groups is 1. The molecule has 0 aromatic heterocycles. The Morgan fingerprint density at radius 2 is 1.80 bits per heavy atom. The minimum atomic E-state index is -0.526. The second kappa shape index (κ2) is 7.51. The molecule has 0 N–H and O–H groups in total. The molecule has 2 aromatic rings. The molecule has 1 heterocycles. The molecule has 130 valence electrons. The highest BCUT2D eigenvalue weighted by atomic mass is 16.6. The summed E-state index contributed by atoms with van der Waals surface area (Å²) < 4.78 is 5.15. The Labute approximate surface area is 148 Å². The molecule has 2 amide bonds. The Kier molecular flexibility index (Phi) is 5.17. The molecule has 1 aliphatic rings. The first-order valence-electron chi connectivity index (χ1n) is 8.64. The number of aryl methyl sites for hydroxylation is 1. The molecule has 0 bridgehead atoms. The Morgan fingerprint density at radius 3 is 2.48 bits per heavy atom. The number of hydrogen-bond acceptors (Lipinski definition) is 3. The number of carbonyl (C=O) groups excluding carboxylic acids is 2. The number of hydrogen-bond donors (Lipinski definition) is 0. The Bertz CT molecular complexity index is 739. The maximum atomic E-state index is 12.9. The van der Waals surface area contributed by atoms with E-state index in [0.29, 0.717) is 12.8 Å². The van der Waals surface area contributed by atoms with Crippen molar-refractivity contribution in [2.24, 2.45) is 5.92 Å². The van der Waals surface area contributed by atoms with Crippen molar-refractivity contribution in [3.05, 3.63) is 71.3 Å². The van der Waals surface area contributed by atoms with Gasteiger partial charge in [-0.25, -0.2) is 9.69 Å². The summed E-state index contributed by atoms with van der Waals surface area (Å²) in [6.45, 7) is 4.16. The van der Waals surface area contributed by atoms with Crippen molar-refractivity contribution < 1.29 is 14.3 Å². The molecule has 0 aliphatic carbocycles. The average molecular weight is 337 g/mol. The summed E-state index contributed by atoms with van der Waals surface area (Å²) in [6, 6.07) is 17.8. The van der Waals surface area contributed by atoms with Crippen LogP contribution in [0, 0.1) is 12.8 Å². The van der Waals surface area contributed by atoms with Gasteiger partial charge in [-0.15, -0.1) is 0 Å². The van der Waals surface area contributed by atoms with E-state index in [1.807, 2.05) is 68.4 Å². The monoisotopic (exact) mass is 337 g/mol. The van der Waals surface area contributed by atoms with Crippen LogP contribution >= 0.6 is 0 Å². The Morgan fingerprint density at radius 1 is 1.12 bits per heavy atom. The molecule has 25 heavy (non-hydrogen) atoms. The van der Waals surface area contributed by atoms with Crippen LogP contribution in [0.1, 0.15) is 23.6 Å². The fraction of sp³-hybridized carbons (Fsp3) is 0.333. The van der Waals surface area contributed by atoms with E-state index in [2.05, 4.69) is 0 Å². The van der Waals surface area contributed by atoms with E-state index in [0.717, 1.165) is 11.1 Å². The van der Waals surface area contributed by atoms with Gasteiger partial charge in [0, 0.05) is 5.92 Å². The van der Waals surface area contributed by atoms with Gasteiger partial charge in [0.2, 0.25) is 5.91 Å². The van der Waals surface area contributed by atoms with Crippen LogP contribution in [0.4, 0.5) is 4.79 Å². The van der Waals surface area contributed by atoms with Gasteiger partial charge in [-0.2, -0.15) is 0 Å². The third kappa shape index (κ3) is 4.08. The molecular weight excluding hydrogens is 314 g/mol. The minimum absolute atomic E-state index is 0.163. The fourth-order valence-corrected chi connectivity index (χ4v) is 3.17. The smallest absolute Gasteiger partial charge is 0.416 e. The van der Waals surface area contributed by atoms with Crippen molar-refractivity contribution in [1.82, 2.24) is 4.90 Å². The molecule has 0 spiro atoms. The molecule has 1 aliphatic heterocycles. The van der Waals surface area contributed by atoms with Gasteiger partial charge in [0.25, 0.3) is 0 Å². The van der Waals surface area contributed by atoms with E-state index in [1.165, 1.54) is 10.5 Å². The van der Waals surface area contributed by atoms with E-state index in [9.17, 15) is 9.59 Å². The number of nitrogens with zero attached hydrogens (tertiary/aromatic N) is 1. The highest BCUT2D eigenvalue weighted by Crippen LogP contribution is 2.21. The average Bonchev–Trinajstić information content (AvgIpc) is 2.97. The summed E-state index contributed by atoms with van der Waals surface area (Å²) in [5, 5.41) is 0. The zero-order valence-corrected chi connectivity index (χ0v) is 14.6. The van der Waals surface area contributed by atoms with E-state index in [4.69, 9.17) is 4.74 Å². The van der Waals surface area contributed by atoms with Crippen molar-refractivity contribution in [3.8, 4) is 0 Å². The molecule has 0 saturated carbocycles. The largest absolute Gasteiger partial charge is 0.447 e. The van der Waals surface area contributed by atoms with Gasteiger partial charge in [0.05, 0.1) is 6.04 Å². The molecule has 4 nitrogen and oxygen atoms in total. The number of carbonyl (C=O) groups is 2. The molecule has 0 unspecified atom stereocenters. The van der Waals surface area contributed by atoms with Crippen LogP contribution in [0.2, 0.25) is 0 Å². The van der Waals surface area contributed by atoms with Crippen molar-refractivity contribution in [2.75, 3.05) is 6.61 Å². The summed E-state index contributed by atoms with van der Waals surface area (Å²) >= 11 is 0. The first kappa shape index (κ1) is 17.2. The second-order valence-electron chi connectivity index (χ2n) is 6.72. The van der Waals surface area contributed by atoms with Crippen LogP contribution in [0.5, 0.6) is 0 Å². The van der Waals surface area contributed by atoms with Crippen LogP contribution in [-0.2, 0) is 22.4 Å². The number of cyclic esters (lactones) is 1. The normalized spacial score (nSPS) is 18.1. The van der Waals surface area contributed by atoms with Gasteiger partial charge in [-0.3, -0.25) is 4.79 Å². The van der Waals surface area contributed by atoms with Gasteiger partial charge in [-0.05, 0) is 30.9 Å². The van der Waals surface area contributed by atoms with Gasteiger partial charge < -0.3 is 4.74 Å². The third-order valence-electron chi connectivity index (χ3n) is 4.60. The zero-order chi connectivity index (χ0) is 17.8. The molecule has 1 saturated heterocycles. The number of rotatable bonds is 5. The van der Waals surface area contributed by atoms with E-state index < -0.39 is 6.09 Å². The van der Waals surface area contributed by atoms with Crippen molar-refractivity contribution in [2.45, 2.75) is 32.7 Å². The van der Waals surface area contributed by atoms with E-state index in [-0.39, 0.29) is 24.5 Å². The summed E-state index contributed by atoms with van der Waals surface area (Å²) in [5.74, 6) is -0.435. The Balaban J connectivity index is 1.69. The SMILES string of the molecule is Cc1ccc(C[C@@H](C)C(=O)N2C(=O)OC[C@H]2Cc2ccccc2)cc1. The van der Waals surface area contributed by atoms with Crippen LogP contribution < -0.4 is 0 Å². The lowest BCUT2D eigenvalue weighted by molar-refractivity contribution is -0.132. The van der Waals surface area contributed by atoms with Crippen molar-refractivity contribution >= 4 is 12.0 Å². The fourth-order valence-electron chi connectivity index (χ4n) is 3.17. The maximum Gasteiger partial charge on any atom is 0.416 e. The minimum Gasteiger partial charge on any atom is -0.447 e. The molecule has 4 heteroatoms. The maximum absolute atomic E-state index is 12.9. The number of amides is 2. The second-order valence-corrected chi connectivity index (χ2v) is 6.72. The lowest BCUT2D eigenvalue weighted by Gasteiger charge is -2.23. The molecule has 1 fully saturated rings. The van der Waals surface area contributed by atoms with Gasteiger partial charge in [0.1, 0.15) is 6.61 Å².